The molecule has 1 rings (SSSR count). The van der Waals surface area contributed by atoms with E-state index in [0.29, 0.717) is 0 Å². The van der Waals surface area contributed by atoms with E-state index in [0.717, 1.165) is 5.46 Å². The number of hydrogen-bond donors (Lipinski definition) is 1. The van der Waals surface area contributed by atoms with Gasteiger partial charge in [-0.3, -0.25) is 0 Å². The number of ether oxygens (including phenoxy) is 1. The van der Waals surface area contributed by atoms with E-state index < -0.39 is 6.09 Å². The lowest BCUT2D eigenvalue weighted by molar-refractivity contribution is 0.177. The Morgan fingerprint density at radius 2 is 1.86 bits per heavy atom. The van der Waals surface area contributed by atoms with Gasteiger partial charge >= 0.3 is 6.09 Å². The number of amides is 1. The Morgan fingerprint density at radius 3 is 2.36 bits per heavy atom. The van der Waals surface area contributed by atoms with Crippen LogP contribution >= 0.6 is 0 Å². The lowest BCUT2D eigenvalue weighted by Crippen LogP contribution is -2.35. The second-order valence-corrected chi connectivity index (χ2v) is 2.19. The molecular weight excluding hydrogens is 185 g/mol. The molecule has 1 radical (unpaired) electrons. The van der Waals surface area contributed by atoms with E-state index in [1.807, 2.05) is 30.3 Å². The molecule has 14 heavy (non-hydrogen) atoms. The third kappa shape index (κ3) is 5.18. The molecule has 77 valence electrons. The zero-order valence-electron chi connectivity index (χ0n) is 7.78. The Bertz CT molecular complexity index is 255. The molecule has 5 nitrogen and oxygen atoms in total. The standard InChI is InChI=1S/C8H9BNO2.2H2O/c1-12-8(11)10-9-7-5-3-2-4-6-7;;/h2-6H,1H3,(H,10,11);2*1H2. The predicted molar refractivity (Wildman–Crippen MR) is 54.6 cm³/mol. The van der Waals surface area contributed by atoms with Gasteiger partial charge in [-0.1, -0.05) is 35.8 Å². The van der Waals surface area contributed by atoms with Crippen LogP contribution in [0.2, 0.25) is 0 Å². The van der Waals surface area contributed by atoms with E-state index in [4.69, 9.17) is 0 Å². The Kier molecular flexibility index (Phi) is 8.65. The normalized spacial score (nSPS) is 7.50. The summed E-state index contributed by atoms with van der Waals surface area (Å²) < 4.78 is 4.39. The van der Waals surface area contributed by atoms with Crippen LogP contribution in [0.4, 0.5) is 4.79 Å². The fraction of sp³-hybridized carbons (Fsp3) is 0.125. The van der Waals surface area contributed by atoms with Crippen molar-refractivity contribution in [3.63, 3.8) is 0 Å². The van der Waals surface area contributed by atoms with Gasteiger partial charge in [-0.05, 0) is 0 Å². The van der Waals surface area contributed by atoms with Crippen molar-refractivity contribution in [2.75, 3.05) is 7.11 Å². The third-order valence-electron chi connectivity index (χ3n) is 1.34. The summed E-state index contributed by atoms with van der Waals surface area (Å²) in [4.78, 5) is 10.6. The van der Waals surface area contributed by atoms with E-state index in [9.17, 15) is 4.79 Å². The lowest BCUT2D eigenvalue weighted by Gasteiger charge is -2.00. The largest absolute Gasteiger partial charge is 0.454 e. The number of methoxy groups -OCH3 is 1. The first-order valence-electron chi connectivity index (χ1n) is 3.55. The van der Waals surface area contributed by atoms with Crippen molar-refractivity contribution >= 4 is 19.0 Å². The molecule has 1 amide bonds. The van der Waals surface area contributed by atoms with Gasteiger partial charge in [0.1, 0.15) is 0 Å². The van der Waals surface area contributed by atoms with Crippen LogP contribution in [0.15, 0.2) is 30.3 Å². The highest BCUT2D eigenvalue weighted by Crippen LogP contribution is 1.79. The highest BCUT2D eigenvalue weighted by molar-refractivity contribution is 6.53. The summed E-state index contributed by atoms with van der Waals surface area (Å²) in [6.07, 6.45) is -0.459. The highest BCUT2D eigenvalue weighted by Gasteiger charge is 1.99. The quantitative estimate of drug-likeness (QED) is 0.593. The van der Waals surface area contributed by atoms with E-state index in [1.54, 1.807) is 7.41 Å². The Hall–Kier alpha value is -1.53. The van der Waals surface area contributed by atoms with Gasteiger partial charge < -0.3 is 20.9 Å². The highest BCUT2D eigenvalue weighted by atomic mass is 16.5. The molecule has 0 saturated carbocycles. The second-order valence-electron chi connectivity index (χ2n) is 2.19. The molecule has 0 spiro atoms. The van der Waals surface area contributed by atoms with Crippen LogP contribution in [0.3, 0.4) is 0 Å². The maximum absolute atomic E-state index is 10.6. The number of carbonyl (C=O) groups excluding carboxylic acids is 1. The summed E-state index contributed by atoms with van der Waals surface area (Å²) in [7, 11) is 2.92. The molecule has 0 aliphatic rings. The zero-order chi connectivity index (χ0) is 8.81. The molecule has 0 saturated heterocycles. The smallest absolute Gasteiger partial charge is 0.394 e. The zero-order valence-corrected chi connectivity index (χ0v) is 7.78. The van der Waals surface area contributed by atoms with Crippen molar-refractivity contribution in [1.82, 2.24) is 5.23 Å². The fourth-order valence-corrected chi connectivity index (χ4v) is 0.750. The third-order valence-corrected chi connectivity index (χ3v) is 1.34. The average Bonchev–Trinajstić information content (AvgIpc) is 2.16. The molecule has 0 aliphatic carbocycles. The molecule has 1 aromatic carbocycles. The monoisotopic (exact) mass is 198 g/mol. The minimum atomic E-state index is -0.459. The predicted octanol–water partition coefficient (Wildman–Crippen LogP) is -1.36. The van der Waals surface area contributed by atoms with E-state index in [2.05, 4.69) is 9.96 Å². The van der Waals surface area contributed by atoms with Crippen molar-refractivity contribution in [1.29, 1.82) is 0 Å². The summed E-state index contributed by atoms with van der Waals surface area (Å²) in [5, 5.41) is 2.46. The van der Waals surface area contributed by atoms with Gasteiger partial charge in [0.25, 0.3) is 7.41 Å². The SMILES string of the molecule is COC(=O)N[B]c1ccccc1.O.O. The molecule has 6 heteroatoms. The molecule has 0 fully saturated rings. The van der Waals surface area contributed by atoms with Gasteiger partial charge in [-0.2, -0.15) is 0 Å². The van der Waals surface area contributed by atoms with Gasteiger partial charge in [-0.25, -0.2) is 4.79 Å². The Morgan fingerprint density at radius 1 is 1.29 bits per heavy atom. The first kappa shape index (κ1) is 15.0. The summed E-state index contributed by atoms with van der Waals surface area (Å²) >= 11 is 0. The van der Waals surface area contributed by atoms with Crippen LogP contribution in [-0.2, 0) is 4.74 Å². The van der Waals surface area contributed by atoms with E-state index >= 15 is 0 Å². The Balaban J connectivity index is 0. The maximum atomic E-state index is 10.6. The number of hydrogen-bond acceptors (Lipinski definition) is 2. The molecule has 1 aromatic rings. The van der Waals surface area contributed by atoms with Crippen molar-refractivity contribution in [2.24, 2.45) is 0 Å². The van der Waals surface area contributed by atoms with E-state index in [-0.39, 0.29) is 11.0 Å². The lowest BCUT2D eigenvalue weighted by atomic mass is 9.83. The van der Waals surface area contributed by atoms with Crippen LogP contribution < -0.4 is 10.7 Å². The van der Waals surface area contributed by atoms with Crippen LogP contribution in [0.1, 0.15) is 0 Å². The molecule has 0 atom stereocenters. The Labute approximate surface area is 83.0 Å². The van der Waals surface area contributed by atoms with Gasteiger partial charge in [0, 0.05) is 0 Å². The molecule has 5 N–H and O–H groups in total. The average molecular weight is 198 g/mol. The summed E-state index contributed by atoms with van der Waals surface area (Å²) in [5.74, 6) is 0. The minimum absolute atomic E-state index is 0. The number of carbonyl (C=O) groups is 1. The van der Waals surface area contributed by atoms with Gasteiger partial charge in [0.15, 0.2) is 0 Å². The number of rotatable bonds is 2. The van der Waals surface area contributed by atoms with Crippen molar-refractivity contribution < 1.29 is 20.5 Å². The fourth-order valence-electron chi connectivity index (χ4n) is 0.750. The molecule has 0 bridgehead atoms. The molecule has 0 heterocycles. The molecular formula is C8H13BNO4. The summed E-state index contributed by atoms with van der Waals surface area (Å²) in [6.45, 7) is 0. The van der Waals surface area contributed by atoms with Crippen molar-refractivity contribution in [3.05, 3.63) is 30.3 Å². The van der Waals surface area contributed by atoms with Crippen LogP contribution in [0.5, 0.6) is 0 Å². The van der Waals surface area contributed by atoms with Crippen molar-refractivity contribution in [3.8, 4) is 0 Å². The maximum Gasteiger partial charge on any atom is 0.394 e. The summed E-state index contributed by atoms with van der Waals surface area (Å²) in [6, 6.07) is 9.47. The first-order chi connectivity index (χ1) is 5.83. The molecule has 0 aromatic heterocycles. The second kappa shape index (κ2) is 8.09. The first-order valence-corrected chi connectivity index (χ1v) is 3.55. The minimum Gasteiger partial charge on any atom is -0.454 e. The summed E-state index contributed by atoms with van der Waals surface area (Å²) in [5.41, 5.74) is 0.933. The number of benzene rings is 1. The van der Waals surface area contributed by atoms with Gasteiger partial charge in [0.2, 0.25) is 0 Å². The molecule has 0 aliphatic heterocycles. The van der Waals surface area contributed by atoms with Crippen LogP contribution in [0.25, 0.3) is 0 Å². The van der Waals surface area contributed by atoms with Crippen LogP contribution in [0, 0.1) is 0 Å². The molecule has 0 unspecified atom stereocenters. The van der Waals surface area contributed by atoms with Crippen LogP contribution in [-0.4, -0.2) is 31.6 Å². The number of nitrogens with one attached hydrogen (secondary N) is 1. The van der Waals surface area contributed by atoms with Crippen molar-refractivity contribution in [2.45, 2.75) is 0 Å². The van der Waals surface area contributed by atoms with E-state index in [1.165, 1.54) is 7.11 Å². The van der Waals surface area contributed by atoms with Gasteiger partial charge in [-0.15, -0.1) is 0 Å². The van der Waals surface area contributed by atoms with Gasteiger partial charge in [0.05, 0.1) is 7.11 Å². The topological polar surface area (TPSA) is 101 Å².